The van der Waals surface area contributed by atoms with Crippen molar-refractivity contribution in [2.45, 2.75) is 20.8 Å². The first kappa shape index (κ1) is 12.4. The fourth-order valence-corrected chi connectivity index (χ4v) is 1.76. The lowest BCUT2D eigenvalue weighted by molar-refractivity contribution is 0.463. The molecule has 1 aromatic carbocycles. The molecule has 3 nitrogen and oxygen atoms in total. The van der Waals surface area contributed by atoms with Crippen LogP contribution in [-0.2, 0) is 0 Å². The number of pyridine rings is 1. The number of aryl methyl sites for hydroxylation is 1. The number of benzene rings is 1. The van der Waals surface area contributed by atoms with Crippen molar-refractivity contribution in [3.63, 3.8) is 0 Å². The average molecular weight is 246 g/mol. The molecule has 2 rings (SSSR count). The van der Waals surface area contributed by atoms with Gasteiger partial charge in [0.15, 0.2) is 0 Å². The molecular formula is C14H15FN2O. The summed E-state index contributed by atoms with van der Waals surface area (Å²) in [6.45, 7) is 5.43. The van der Waals surface area contributed by atoms with Crippen LogP contribution in [0.3, 0.4) is 0 Å². The minimum atomic E-state index is -0.301. The number of anilines is 2. The standard InChI is InChI=1S/C14H15FN2O/c1-8-9(2)14(16-10(3)13(8)18)17-12-6-4-5-11(15)7-12/h4-7,18H,1-3H3,(H,16,17). The van der Waals surface area contributed by atoms with E-state index in [0.717, 1.165) is 11.1 Å². The Morgan fingerprint density at radius 1 is 1.17 bits per heavy atom. The summed E-state index contributed by atoms with van der Waals surface area (Å²) >= 11 is 0. The predicted molar refractivity (Wildman–Crippen MR) is 69.8 cm³/mol. The number of aromatic nitrogens is 1. The molecule has 0 radical (unpaired) electrons. The highest BCUT2D eigenvalue weighted by atomic mass is 19.1. The molecule has 0 amide bonds. The molecule has 0 atom stereocenters. The Morgan fingerprint density at radius 2 is 1.89 bits per heavy atom. The molecule has 0 fully saturated rings. The monoisotopic (exact) mass is 246 g/mol. The molecule has 2 aromatic rings. The number of rotatable bonds is 2. The van der Waals surface area contributed by atoms with Gasteiger partial charge >= 0.3 is 0 Å². The fourth-order valence-electron chi connectivity index (χ4n) is 1.76. The van der Waals surface area contributed by atoms with Crippen LogP contribution in [0.2, 0.25) is 0 Å². The highest BCUT2D eigenvalue weighted by Gasteiger charge is 2.11. The van der Waals surface area contributed by atoms with Gasteiger partial charge in [-0.1, -0.05) is 6.07 Å². The molecule has 0 bridgehead atoms. The van der Waals surface area contributed by atoms with Crippen LogP contribution in [0.1, 0.15) is 16.8 Å². The fraction of sp³-hybridized carbons (Fsp3) is 0.214. The molecule has 18 heavy (non-hydrogen) atoms. The maximum Gasteiger partial charge on any atom is 0.140 e. The third-order valence-electron chi connectivity index (χ3n) is 2.98. The van der Waals surface area contributed by atoms with E-state index in [1.54, 1.807) is 19.1 Å². The number of nitrogens with zero attached hydrogens (tertiary/aromatic N) is 1. The van der Waals surface area contributed by atoms with Gasteiger partial charge in [-0.2, -0.15) is 0 Å². The zero-order chi connectivity index (χ0) is 13.3. The molecule has 0 unspecified atom stereocenters. The summed E-state index contributed by atoms with van der Waals surface area (Å²) < 4.78 is 13.1. The highest BCUT2D eigenvalue weighted by Crippen LogP contribution is 2.29. The molecule has 0 aliphatic heterocycles. The molecule has 4 heteroatoms. The van der Waals surface area contributed by atoms with Gasteiger partial charge in [-0.3, -0.25) is 0 Å². The van der Waals surface area contributed by atoms with Crippen molar-refractivity contribution >= 4 is 11.5 Å². The van der Waals surface area contributed by atoms with Crippen LogP contribution in [0.15, 0.2) is 24.3 Å². The summed E-state index contributed by atoms with van der Waals surface area (Å²) in [4.78, 5) is 4.27. The van der Waals surface area contributed by atoms with Crippen LogP contribution >= 0.6 is 0 Å². The second-order valence-electron chi connectivity index (χ2n) is 4.28. The van der Waals surface area contributed by atoms with Crippen molar-refractivity contribution in [3.8, 4) is 5.75 Å². The van der Waals surface area contributed by atoms with Gasteiger partial charge in [-0.15, -0.1) is 0 Å². The van der Waals surface area contributed by atoms with Crippen molar-refractivity contribution in [2.24, 2.45) is 0 Å². The normalized spacial score (nSPS) is 10.4. The second-order valence-corrected chi connectivity index (χ2v) is 4.28. The molecule has 0 aliphatic carbocycles. The Kier molecular flexibility index (Phi) is 3.19. The van der Waals surface area contributed by atoms with Gasteiger partial charge in [-0.05, 0) is 50.1 Å². The van der Waals surface area contributed by atoms with Crippen LogP contribution in [0.4, 0.5) is 15.9 Å². The van der Waals surface area contributed by atoms with Crippen LogP contribution < -0.4 is 5.32 Å². The maximum absolute atomic E-state index is 13.1. The molecule has 2 N–H and O–H groups in total. The van der Waals surface area contributed by atoms with Crippen molar-refractivity contribution < 1.29 is 9.50 Å². The first-order chi connectivity index (χ1) is 8.49. The average Bonchev–Trinajstić information content (AvgIpc) is 2.33. The van der Waals surface area contributed by atoms with Gasteiger partial charge in [0.2, 0.25) is 0 Å². The Hall–Kier alpha value is -2.10. The Morgan fingerprint density at radius 3 is 2.56 bits per heavy atom. The molecular weight excluding hydrogens is 231 g/mol. The Balaban J connectivity index is 2.41. The van der Waals surface area contributed by atoms with Crippen LogP contribution in [-0.4, -0.2) is 10.1 Å². The minimum absolute atomic E-state index is 0.206. The van der Waals surface area contributed by atoms with Crippen molar-refractivity contribution in [1.82, 2.24) is 4.98 Å². The smallest absolute Gasteiger partial charge is 0.140 e. The van der Waals surface area contributed by atoms with Gasteiger partial charge in [0.25, 0.3) is 0 Å². The summed E-state index contributed by atoms with van der Waals surface area (Å²) in [7, 11) is 0. The summed E-state index contributed by atoms with van der Waals surface area (Å²) in [6, 6.07) is 6.19. The van der Waals surface area contributed by atoms with Gasteiger partial charge in [0, 0.05) is 5.69 Å². The topological polar surface area (TPSA) is 45.2 Å². The van der Waals surface area contributed by atoms with Crippen molar-refractivity contribution in [1.29, 1.82) is 0 Å². The van der Waals surface area contributed by atoms with E-state index >= 15 is 0 Å². The van der Waals surface area contributed by atoms with E-state index in [1.807, 2.05) is 13.8 Å². The zero-order valence-corrected chi connectivity index (χ0v) is 10.6. The summed E-state index contributed by atoms with van der Waals surface area (Å²) in [5.41, 5.74) is 2.82. The lowest BCUT2D eigenvalue weighted by atomic mass is 10.1. The first-order valence-electron chi connectivity index (χ1n) is 5.68. The van der Waals surface area contributed by atoms with E-state index in [2.05, 4.69) is 10.3 Å². The summed E-state index contributed by atoms with van der Waals surface area (Å²) in [5.74, 6) is 0.538. The number of aromatic hydroxyl groups is 1. The molecule has 0 saturated heterocycles. The SMILES string of the molecule is Cc1nc(Nc2cccc(F)c2)c(C)c(C)c1O. The summed E-state index contributed by atoms with van der Waals surface area (Å²) in [5, 5.41) is 12.8. The highest BCUT2D eigenvalue weighted by molar-refractivity contribution is 5.62. The third-order valence-corrected chi connectivity index (χ3v) is 2.98. The second kappa shape index (κ2) is 4.64. The number of nitrogens with one attached hydrogen (secondary N) is 1. The molecule has 0 spiro atoms. The lowest BCUT2D eigenvalue weighted by Crippen LogP contribution is -2.01. The first-order valence-corrected chi connectivity index (χ1v) is 5.68. The Bertz CT molecular complexity index is 597. The van der Waals surface area contributed by atoms with E-state index in [4.69, 9.17) is 0 Å². The number of hydrogen-bond donors (Lipinski definition) is 2. The van der Waals surface area contributed by atoms with E-state index in [0.29, 0.717) is 17.2 Å². The largest absolute Gasteiger partial charge is 0.506 e. The van der Waals surface area contributed by atoms with Crippen LogP contribution in [0.5, 0.6) is 5.75 Å². The van der Waals surface area contributed by atoms with Crippen LogP contribution in [0, 0.1) is 26.6 Å². The Labute approximate surface area is 105 Å². The molecule has 94 valence electrons. The predicted octanol–water partition coefficient (Wildman–Crippen LogP) is 3.60. The van der Waals surface area contributed by atoms with E-state index < -0.39 is 0 Å². The van der Waals surface area contributed by atoms with Crippen molar-refractivity contribution in [2.75, 3.05) is 5.32 Å². The van der Waals surface area contributed by atoms with E-state index in [1.165, 1.54) is 12.1 Å². The molecule has 0 aliphatic rings. The maximum atomic E-state index is 13.1. The summed E-state index contributed by atoms with van der Waals surface area (Å²) in [6.07, 6.45) is 0. The minimum Gasteiger partial charge on any atom is -0.506 e. The van der Waals surface area contributed by atoms with Crippen molar-refractivity contribution in [3.05, 3.63) is 46.9 Å². The third kappa shape index (κ3) is 2.27. The zero-order valence-electron chi connectivity index (χ0n) is 10.6. The van der Waals surface area contributed by atoms with Gasteiger partial charge in [-0.25, -0.2) is 9.37 Å². The van der Waals surface area contributed by atoms with Crippen LogP contribution in [0.25, 0.3) is 0 Å². The van der Waals surface area contributed by atoms with Gasteiger partial charge in [0.05, 0.1) is 5.69 Å². The molecule has 0 saturated carbocycles. The van der Waals surface area contributed by atoms with Gasteiger partial charge in [0.1, 0.15) is 17.4 Å². The molecule has 1 aromatic heterocycles. The molecule has 1 heterocycles. The van der Waals surface area contributed by atoms with E-state index in [-0.39, 0.29) is 11.6 Å². The van der Waals surface area contributed by atoms with Gasteiger partial charge < -0.3 is 10.4 Å². The number of hydrogen-bond acceptors (Lipinski definition) is 3. The number of halogens is 1. The quantitative estimate of drug-likeness (QED) is 0.851. The van der Waals surface area contributed by atoms with E-state index in [9.17, 15) is 9.50 Å². The lowest BCUT2D eigenvalue weighted by Gasteiger charge is -2.13.